The molecular weight excluding hydrogens is 196 g/mol. The van der Waals surface area contributed by atoms with Crippen molar-refractivity contribution in [2.75, 3.05) is 26.2 Å². The van der Waals surface area contributed by atoms with Crippen LogP contribution >= 0.6 is 0 Å². The number of hydrogen-bond acceptors (Lipinski definition) is 2. The van der Waals surface area contributed by atoms with E-state index in [1.54, 1.807) is 0 Å². The molecule has 2 fully saturated rings. The Kier molecular flexibility index (Phi) is 4.26. The van der Waals surface area contributed by atoms with Gasteiger partial charge in [-0.3, -0.25) is 0 Å². The van der Waals surface area contributed by atoms with Crippen LogP contribution in [0.4, 0.5) is 0 Å². The van der Waals surface area contributed by atoms with Crippen molar-refractivity contribution in [3.63, 3.8) is 0 Å². The Morgan fingerprint density at radius 3 is 2.38 bits per heavy atom. The molecule has 2 aliphatic rings. The first-order valence-electron chi connectivity index (χ1n) is 7.09. The molecule has 0 aromatic carbocycles. The maximum Gasteiger partial charge on any atom is 0.00418 e. The van der Waals surface area contributed by atoms with E-state index in [0.717, 1.165) is 23.8 Å². The Morgan fingerprint density at radius 2 is 1.75 bits per heavy atom. The lowest BCUT2D eigenvalue weighted by atomic mass is 9.88. The average Bonchev–Trinajstić information content (AvgIpc) is 2.15. The van der Waals surface area contributed by atoms with Crippen LogP contribution in [0.25, 0.3) is 0 Å². The van der Waals surface area contributed by atoms with Gasteiger partial charge in [-0.25, -0.2) is 0 Å². The van der Waals surface area contributed by atoms with Crippen LogP contribution in [-0.2, 0) is 0 Å². The van der Waals surface area contributed by atoms with Gasteiger partial charge in [-0.2, -0.15) is 0 Å². The Morgan fingerprint density at radius 1 is 1.06 bits per heavy atom. The van der Waals surface area contributed by atoms with Gasteiger partial charge in [0, 0.05) is 25.7 Å². The van der Waals surface area contributed by atoms with E-state index in [1.807, 2.05) is 0 Å². The van der Waals surface area contributed by atoms with Crippen LogP contribution in [0.5, 0.6) is 0 Å². The van der Waals surface area contributed by atoms with Gasteiger partial charge >= 0.3 is 0 Å². The maximum absolute atomic E-state index is 3.55. The molecule has 0 radical (unpaired) electrons. The van der Waals surface area contributed by atoms with Crippen molar-refractivity contribution in [3.05, 3.63) is 0 Å². The summed E-state index contributed by atoms with van der Waals surface area (Å²) < 4.78 is 0. The van der Waals surface area contributed by atoms with Gasteiger partial charge in [0.1, 0.15) is 0 Å². The lowest BCUT2D eigenvalue weighted by Crippen LogP contribution is -2.45. The number of likely N-dealkylation sites (tertiary alicyclic amines) is 1. The molecule has 0 saturated carbocycles. The van der Waals surface area contributed by atoms with Crippen LogP contribution in [0.1, 0.15) is 40.0 Å². The molecule has 0 bridgehead atoms. The molecule has 2 heterocycles. The predicted molar refractivity (Wildman–Crippen MR) is 69.6 cm³/mol. The molecule has 0 spiro atoms. The zero-order valence-corrected chi connectivity index (χ0v) is 11.2. The van der Waals surface area contributed by atoms with Crippen molar-refractivity contribution >= 4 is 0 Å². The van der Waals surface area contributed by atoms with E-state index in [9.17, 15) is 0 Å². The van der Waals surface area contributed by atoms with Gasteiger partial charge in [-0.05, 0) is 50.5 Å². The summed E-state index contributed by atoms with van der Waals surface area (Å²) in [6.07, 6.45) is 4.18. The summed E-state index contributed by atoms with van der Waals surface area (Å²) in [5.74, 6) is 2.75. The normalized spacial score (nSPS) is 42.2. The first-order chi connectivity index (χ1) is 7.63. The fourth-order valence-electron chi connectivity index (χ4n) is 3.71. The fraction of sp³-hybridized carbons (Fsp3) is 1.00. The van der Waals surface area contributed by atoms with Crippen LogP contribution < -0.4 is 5.32 Å². The summed E-state index contributed by atoms with van der Waals surface area (Å²) >= 11 is 0. The highest BCUT2D eigenvalue weighted by Gasteiger charge is 2.25. The molecule has 2 aliphatic heterocycles. The molecule has 2 saturated heterocycles. The predicted octanol–water partition coefficient (Wildman–Crippen LogP) is 2.35. The van der Waals surface area contributed by atoms with Gasteiger partial charge in [0.2, 0.25) is 0 Å². The van der Waals surface area contributed by atoms with Crippen LogP contribution in [0.3, 0.4) is 0 Å². The molecule has 0 aromatic rings. The highest BCUT2D eigenvalue weighted by molar-refractivity contribution is 4.81. The Bertz CT molecular complexity index is 207. The minimum absolute atomic E-state index is 0.735. The third kappa shape index (κ3) is 3.46. The van der Waals surface area contributed by atoms with Crippen LogP contribution in [0.15, 0.2) is 0 Å². The van der Waals surface area contributed by atoms with Crippen LogP contribution in [-0.4, -0.2) is 37.1 Å². The molecule has 2 nitrogen and oxygen atoms in total. The van der Waals surface area contributed by atoms with Crippen molar-refractivity contribution in [1.82, 2.24) is 10.2 Å². The van der Waals surface area contributed by atoms with Gasteiger partial charge in [0.25, 0.3) is 0 Å². The zero-order valence-electron chi connectivity index (χ0n) is 11.2. The maximum atomic E-state index is 3.55. The molecule has 2 rings (SSSR count). The second kappa shape index (κ2) is 5.50. The number of hydrogen-bond donors (Lipinski definition) is 1. The van der Waals surface area contributed by atoms with Crippen molar-refractivity contribution in [3.8, 4) is 0 Å². The minimum Gasteiger partial charge on any atom is -0.314 e. The Hall–Kier alpha value is -0.0800. The van der Waals surface area contributed by atoms with E-state index in [0.29, 0.717) is 0 Å². The lowest BCUT2D eigenvalue weighted by Gasteiger charge is -2.38. The Balaban J connectivity index is 1.79. The van der Waals surface area contributed by atoms with Gasteiger partial charge < -0.3 is 10.2 Å². The number of piperidine rings is 2. The van der Waals surface area contributed by atoms with Crippen LogP contribution in [0.2, 0.25) is 0 Å². The van der Waals surface area contributed by atoms with Crippen molar-refractivity contribution in [2.24, 2.45) is 17.8 Å². The summed E-state index contributed by atoms with van der Waals surface area (Å²) in [6, 6.07) is 0.735. The van der Waals surface area contributed by atoms with Gasteiger partial charge in [-0.1, -0.05) is 13.8 Å². The molecule has 0 amide bonds. The largest absolute Gasteiger partial charge is 0.314 e. The van der Waals surface area contributed by atoms with Crippen LogP contribution in [0, 0.1) is 17.8 Å². The summed E-state index contributed by atoms with van der Waals surface area (Å²) in [7, 11) is 0. The molecule has 0 aliphatic carbocycles. The van der Waals surface area contributed by atoms with E-state index in [4.69, 9.17) is 0 Å². The minimum atomic E-state index is 0.735. The number of nitrogens with zero attached hydrogens (tertiary/aromatic N) is 1. The topological polar surface area (TPSA) is 15.3 Å². The van der Waals surface area contributed by atoms with Gasteiger partial charge in [0.15, 0.2) is 0 Å². The molecule has 4 atom stereocenters. The first-order valence-corrected chi connectivity index (χ1v) is 7.09. The third-order valence-electron chi connectivity index (χ3n) is 4.19. The van der Waals surface area contributed by atoms with E-state index in [-0.39, 0.29) is 0 Å². The van der Waals surface area contributed by atoms with Gasteiger partial charge in [0.05, 0.1) is 0 Å². The molecule has 4 unspecified atom stereocenters. The first kappa shape index (κ1) is 12.4. The number of nitrogens with one attached hydrogen (secondary N) is 1. The third-order valence-corrected chi connectivity index (χ3v) is 4.19. The van der Waals surface area contributed by atoms with Gasteiger partial charge in [-0.15, -0.1) is 0 Å². The van der Waals surface area contributed by atoms with E-state index in [2.05, 4.69) is 31.0 Å². The summed E-state index contributed by atoms with van der Waals surface area (Å²) in [5.41, 5.74) is 0. The standard InChI is InChI=1S/C14H28N2/c1-11-6-12(2)9-16(8-11)10-14-4-5-15-13(3)7-14/h11-15H,4-10H2,1-3H3. The van der Waals surface area contributed by atoms with E-state index >= 15 is 0 Å². The quantitative estimate of drug-likeness (QED) is 0.774. The lowest BCUT2D eigenvalue weighted by molar-refractivity contribution is 0.109. The second-order valence-corrected chi connectivity index (χ2v) is 6.41. The average molecular weight is 224 g/mol. The highest BCUT2D eigenvalue weighted by atomic mass is 15.1. The summed E-state index contributed by atoms with van der Waals surface area (Å²) in [4.78, 5) is 2.72. The molecule has 94 valence electrons. The summed E-state index contributed by atoms with van der Waals surface area (Å²) in [6.45, 7) is 12.4. The van der Waals surface area contributed by atoms with Crippen molar-refractivity contribution in [1.29, 1.82) is 0 Å². The van der Waals surface area contributed by atoms with E-state index in [1.165, 1.54) is 45.4 Å². The molecule has 2 heteroatoms. The smallest absolute Gasteiger partial charge is 0.00418 e. The Labute approximate surface area is 101 Å². The zero-order chi connectivity index (χ0) is 11.5. The van der Waals surface area contributed by atoms with Crippen molar-refractivity contribution in [2.45, 2.75) is 46.1 Å². The SMILES string of the molecule is CC1CC(C)CN(CC2CCNC(C)C2)C1. The molecular formula is C14H28N2. The molecule has 0 aromatic heterocycles. The number of rotatable bonds is 2. The molecule has 1 N–H and O–H groups in total. The van der Waals surface area contributed by atoms with Crippen molar-refractivity contribution < 1.29 is 0 Å². The fourth-order valence-corrected chi connectivity index (χ4v) is 3.71. The second-order valence-electron chi connectivity index (χ2n) is 6.41. The van der Waals surface area contributed by atoms with E-state index < -0.39 is 0 Å². The summed E-state index contributed by atoms with van der Waals surface area (Å²) in [5, 5.41) is 3.55. The monoisotopic (exact) mass is 224 g/mol. The highest BCUT2D eigenvalue weighted by Crippen LogP contribution is 2.24. The molecule has 16 heavy (non-hydrogen) atoms.